The summed E-state index contributed by atoms with van der Waals surface area (Å²) < 4.78 is 1.83. The molecule has 1 unspecified atom stereocenters. The molecule has 0 aliphatic carbocycles. The molecule has 2 aromatic heterocycles. The molecule has 3 aromatic rings. The molecule has 134 valence electrons. The number of nitrogens with zero attached hydrogens (tertiary/aromatic N) is 5. The van der Waals surface area contributed by atoms with Crippen LogP contribution in [0.3, 0.4) is 0 Å². The molecular weight excluding hydrogens is 375 g/mol. The zero-order valence-corrected chi connectivity index (χ0v) is 15.3. The van der Waals surface area contributed by atoms with E-state index in [2.05, 4.69) is 20.5 Å². The van der Waals surface area contributed by atoms with Gasteiger partial charge in [-0.15, -0.1) is 5.10 Å². The first-order valence-electron chi connectivity index (χ1n) is 8.22. The Labute approximate surface area is 159 Å². The van der Waals surface area contributed by atoms with Gasteiger partial charge >= 0.3 is 0 Å². The van der Waals surface area contributed by atoms with Crippen molar-refractivity contribution in [1.82, 2.24) is 30.1 Å². The van der Waals surface area contributed by atoms with Crippen LogP contribution in [-0.2, 0) is 11.2 Å². The number of likely N-dealkylation sites (tertiary alicyclic amines) is 1. The smallest absolute Gasteiger partial charge is 0.227 e. The topological polar surface area (TPSA) is 79.7 Å². The van der Waals surface area contributed by atoms with Crippen LogP contribution < -0.4 is 0 Å². The van der Waals surface area contributed by atoms with Crippen molar-refractivity contribution in [3.63, 3.8) is 0 Å². The van der Waals surface area contributed by atoms with Gasteiger partial charge in [0.2, 0.25) is 5.91 Å². The van der Waals surface area contributed by atoms with Gasteiger partial charge in [-0.05, 0) is 30.2 Å². The number of halogens is 2. The minimum absolute atomic E-state index is 0.0565. The van der Waals surface area contributed by atoms with E-state index in [-0.39, 0.29) is 18.4 Å². The Kier molecular flexibility index (Phi) is 4.65. The maximum absolute atomic E-state index is 12.6. The quantitative estimate of drug-likeness (QED) is 0.742. The summed E-state index contributed by atoms with van der Waals surface area (Å²) in [5.41, 5.74) is 2.47. The van der Waals surface area contributed by atoms with Crippen molar-refractivity contribution >= 4 is 29.1 Å². The second kappa shape index (κ2) is 7.09. The highest BCUT2D eigenvalue weighted by Crippen LogP contribution is 2.25. The summed E-state index contributed by atoms with van der Waals surface area (Å²) in [7, 11) is 0. The van der Waals surface area contributed by atoms with Gasteiger partial charge in [0.1, 0.15) is 5.69 Å². The second-order valence-electron chi connectivity index (χ2n) is 6.31. The van der Waals surface area contributed by atoms with Crippen molar-refractivity contribution in [2.75, 3.05) is 13.1 Å². The minimum Gasteiger partial charge on any atom is -0.340 e. The lowest BCUT2D eigenvalue weighted by atomic mass is 10.1. The molecule has 1 saturated heterocycles. The molecule has 0 bridgehead atoms. The molecule has 1 N–H and O–H groups in total. The lowest BCUT2D eigenvalue weighted by Crippen LogP contribution is -2.30. The number of nitrogens with one attached hydrogen (secondary N) is 1. The molecule has 0 spiro atoms. The number of aromatic amines is 1. The largest absolute Gasteiger partial charge is 0.340 e. The molecule has 1 fully saturated rings. The summed E-state index contributed by atoms with van der Waals surface area (Å²) in [6.07, 6.45) is 6.49. The molecule has 1 atom stereocenters. The van der Waals surface area contributed by atoms with E-state index in [1.54, 1.807) is 30.6 Å². The minimum atomic E-state index is 0.0565. The van der Waals surface area contributed by atoms with Gasteiger partial charge in [0.25, 0.3) is 0 Å². The Morgan fingerprint density at radius 2 is 2.08 bits per heavy atom. The van der Waals surface area contributed by atoms with Crippen LogP contribution in [0, 0.1) is 0 Å². The van der Waals surface area contributed by atoms with Crippen LogP contribution in [-0.4, -0.2) is 49.1 Å². The number of hydrogen-bond acceptors (Lipinski definition) is 4. The summed E-state index contributed by atoms with van der Waals surface area (Å²) in [5.74, 6) is 0.0565. The number of carbonyl (C=O) groups excluding carboxylic acids is 1. The summed E-state index contributed by atoms with van der Waals surface area (Å²) >= 11 is 12.0. The van der Waals surface area contributed by atoms with Crippen molar-refractivity contribution < 1.29 is 4.79 Å². The predicted molar refractivity (Wildman–Crippen MR) is 98.0 cm³/mol. The molecular formula is C17H16Cl2N6O. The number of H-pyrrole nitrogens is 1. The fourth-order valence-corrected chi connectivity index (χ4v) is 3.73. The van der Waals surface area contributed by atoms with Crippen LogP contribution in [0.1, 0.15) is 18.0 Å². The van der Waals surface area contributed by atoms with Crippen LogP contribution in [0.15, 0.2) is 36.8 Å². The Balaban J connectivity index is 1.41. The molecule has 1 amide bonds. The Hall–Kier alpha value is -2.38. The first-order chi connectivity index (χ1) is 12.6. The van der Waals surface area contributed by atoms with E-state index in [0.29, 0.717) is 23.1 Å². The van der Waals surface area contributed by atoms with Crippen LogP contribution in [0.4, 0.5) is 0 Å². The first kappa shape index (κ1) is 17.1. The van der Waals surface area contributed by atoms with E-state index in [4.69, 9.17) is 23.2 Å². The Morgan fingerprint density at radius 1 is 1.27 bits per heavy atom. The molecule has 1 aliphatic rings. The fourth-order valence-electron chi connectivity index (χ4n) is 3.16. The normalized spacial score (nSPS) is 17.0. The SMILES string of the molecule is O=C(Cc1cc(Cl)cc(Cl)c1)N1CCC(n2cc(-c3cn[nH]c3)nn2)C1. The summed E-state index contributed by atoms with van der Waals surface area (Å²) in [6, 6.07) is 5.32. The van der Waals surface area contributed by atoms with E-state index in [1.807, 2.05) is 15.8 Å². The summed E-state index contributed by atoms with van der Waals surface area (Å²) in [4.78, 5) is 14.4. The van der Waals surface area contributed by atoms with E-state index >= 15 is 0 Å². The number of amides is 1. The standard InChI is InChI=1S/C17H16Cl2N6O/c18-13-3-11(4-14(19)6-13)5-17(26)24-2-1-15(9-24)25-10-16(22-23-25)12-7-20-21-8-12/h3-4,6-8,10,15H,1-2,5,9H2,(H,20,21). The highest BCUT2D eigenvalue weighted by Gasteiger charge is 2.28. The highest BCUT2D eigenvalue weighted by atomic mass is 35.5. The van der Waals surface area contributed by atoms with Gasteiger partial charge in [0, 0.05) is 34.9 Å². The third kappa shape index (κ3) is 3.59. The lowest BCUT2D eigenvalue weighted by Gasteiger charge is -2.16. The van der Waals surface area contributed by atoms with E-state index in [0.717, 1.165) is 23.2 Å². The zero-order valence-electron chi connectivity index (χ0n) is 13.8. The molecule has 3 heterocycles. The van der Waals surface area contributed by atoms with Crippen LogP contribution in [0.2, 0.25) is 10.0 Å². The van der Waals surface area contributed by atoms with Gasteiger partial charge in [-0.2, -0.15) is 5.10 Å². The summed E-state index contributed by atoms with van der Waals surface area (Å²) in [6.45, 7) is 1.31. The predicted octanol–water partition coefficient (Wildman–Crippen LogP) is 2.99. The van der Waals surface area contributed by atoms with Crippen molar-refractivity contribution in [1.29, 1.82) is 0 Å². The van der Waals surface area contributed by atoms with Gasteiger partial charge < -0.3 is 4.90 Å². The van der Waals surface area contributed by atoms with E-state index < -0.39 is 0 Å². The average Bonchev–Trinajstić information content (AvgIpc) is 3.34. The number of hydrogen-bond donors (Lipinski definition) is 1. The van der Waals surface area contributed by atoms with Crippen molar-refractivity contribution in [3.8, 4) is 11.3 Å². The van der Waals surface area contributed by atoms with Gasteiger partial charge in [-0.1, -0.05) is 28.4 Å². The Morgan fingerprint density at radius 3 is 2.81 bits per heavy atom. The summed E-state index contributed by atoms with van der Waals surface area (Å²) in [5, 5.41) is 16.1. The number of benzene rings is 1. The molecule has 4 rings (SSSR count). The van der Waals surface area contributed by atoms with Crippen molar-refractivity contribution in [2.45, 2.75) is 18.9 Å². The van der Waals surface area contributed by atoms with Crippen molar-refractivity contribution in [2.24, 2.45) is 0 Å². The zero-order chi connectivity index (χ0) is 18.1. The number of carbonyl (C=O) groups is 1. The monoisotopic (exact) mass is 390 g/mol. The molecule has 26 heavy (non-hydrogen) atoms. The van der Waals surface area contributed by atoms with Gasteiger partial charge in [0.15, 0.2) is 0 Å². The number of rotatable bonds is 4. The maximum atomic E-state index is 12.6. The molecule has 9 heteroatoms. The van der Waals surface area contributed by atoms with Gasteiger partial charge in [0.05, 0.1) is 24.9 Å². The van der Waals surface area contributed by atoms with Crippen molar-refractivity contribution in [3.05, 3.63) is 52.4 Å². The van der Waals surface area contributed by atoms with Crippen LogP contribution in [0.5, 0.6) is 0 Å². The first-order valence-corrected chi connectivity index (χ1v) is 8.98. The highest BCUT2D eigenvalue weighted by molar-refractivity contribution is 6.34. The number of aromatic nitrogens is 5. The second-order valence-corrected chi connectivity index (χ2v) is 7.18. The molecule has 1 aromatic carbocycles. The van der Waals surface area contributed by atoms with E-state index in [9.17, 15) is 4.79 Å². The lowest BCUT2D eigenvalue weighted by molar-refractivity contribution is -0.129. The van der Waals surface area contributed by atoms with E-state index in [1.165, 1.54) is 0 Å². The Bertz CT molecular complexity index is 903. The fraction of sp³-hybridized carbons (Fsp3) is 0.294. The van der Waals surface area contributed by atoms with Gasteiger partial charge in [-0.3, -0.25) is 9.89 Å². The van der Waals surface area contributed by atoms with Crippen LogP contribution in [0.25, 0.3) is 11.3 Å². The average molecular weight is 391 g/mol. The molecule has 1 aliphatic heterocycles. The molecule has 7 nitrogen and oxygen atoms in total. The molecule has 0 saturated carbocycles. The third-order valence-electron chi connectivity index (χ3n) is 4.47. The third-order valence-corrected chi connectivity index (χ3v) is 4.91. The molecule has 0 radical (unpaired) electrons. The van der Waals surface area contributed by atoms with Gasteiger partial charge in [-0.25, -0.2) is 4.68 Å². The maximum Gasteiger partial charge on any atom is 0.227 e. The van der Waals surface area contributed by atoms with Crippen LogP contribution >= 0.6 is 23.2 Å².